The lowest BCUT2D eigenvalue weighted by Crippen LogP contribution is -2.50. The first kappa shape index (κ1) is 20.4. The van der Waals surface area contributed by atoms with Gasteiger partial charge in [-0.3, -0.25) is 9.69 Å². The molecule has 2 saturated heterocycles. The molecule has 0 unspecified atom stereocenters. The molecule has 3 rings (SSSR count). The van der Waals surface area contributed by atoms with E-state index in [1.54, 1.807) is 11.8 Å². The first-order valence-corrected chi connectivity index (χ1v) is 9.69. The number of carbonyl (C=O) groups is 2. The fourth-order valence-corrected chi connectivity index (χ4v) is 3.75. The molecular weight excluding hydrogens is 368 g/mol. The molecule has 0 radical (unpaired) electrons. The second kappa shape index (κ2) is 9.23. The van der Waals surface area contributed by atoms with Gasteiger partial charge in [-0.15, -0.1) is 0 Å². The zero-order valence-electron chi connectivity index (χ0n) is 16.0. The Balaban J connectivity index is 1.58. The third-order valence-electron chi connectivity index (χ3n) is 5.23. The van der Waals surface area contributed by atoms with E-state index >= 15 is 0 Å². The average Bonchev–Trinajstić information content (AvgIpc) is 2.70. The fraction of sp³-hybridized carbons (Fsp3) is 0.550. The van der Waals surface area contributed by atoms with E-state index in [-0.39, 0.29) is 11.7 Å². The number of carbonyl (C=O) groups excluding carboxylic acids is 2. The maximum Gasteiger partial charge on any atom is 0.409 e. The number of ether oxygens (including phenoxy) is 1. The minimum Gasteiger partial charge on any atom is -0.450 e. The number of halogens is 2. The summed E-state index contributed by atoms with van der Waals surface area (Å²) in [5, 5.41) is 0. The number of benzene rings is 1. The Kier molecular flexibility index (Phi) is 6.72. The van der Waals surface area contributed by atoms with E-state index in [1.807, 2.05) is 0 Å². The molecule has 0 aromatic heterocycles. The molecule has 0 spiro atoms. The Hall–Kier alpha value is -2.35. The molecular formula is C20H25F2N3O3. The van der Waals surface area contributed by atoms with E-state index in [0.29, 0.717) is 38.7 Å². The third kappa shape index (κ3) is 4.92. The van der Waals surface area contributed by atoms with Crippen molar-refractivity contribution >= 4 is 17.7 Å². The van der Waals surface area contributed by atoms with Crippen LogP contribution in [0.4, 0.5) is 13.6 Å². The van der Waals surface area contributed by atoms with Crippen molar-refractivity contribution in [1.29, 1.82) is 0 Å². The van der Waals surface area contributed by atoms with Gasteiger partial charge >= 0.3 is 6.09 Å². The summed E-state index contributed by atoms with van der Waals surface area (Å²) in [6.07, 6.45) is 3.04. The number of aliphatic imine (C=N–C) groups is 1. The summed E-state index contributed by atoms with van der Waals surface area (Å²) in [6.45, 7) is 4.97. The number of rotatable bonds is 3. The van der Waals surface area contributed by atoms with Crippen molar-refractivity contribution in [2.75, 3.05) is 32.8 Å². The minimum atomic E-state index is -1.05. The monoisotopic (exact) mass is 393 g/mol. The van der Waals surface area contributed by atoms with Crippen molar-refractivity contribution in [2.45, 2.75) is 38.6 Å². The molecule has 2 aliphatic rings. The zero-order valence-corrected chi connectivity index (χ0v) is 16.0. The van der Waals surface area contributed by atoms with Crippen LogP contribution in [0, 0.1) is 11.6 Å². The summed E-state index contributed by atoms with van der Waals surface area (Å²) in [5.74, 6) is -2.58. The summed E-state index contributed by atoms with van der Waals surface area (Å²) in [4.78, 5) is 32.3. The Bertz CT molecular complexity index is 761. The van der Waals surface area contributed by atoms with Gasteiger partial charge in [0.2, 0.25) is 0 Å². The Morgan fingerprint density at radius 2 is 1.93 bits per heavy atom. The molecule has 0 bridgehead atoms. The van der Waals surface area contributed by atoms with E-state index in [4.69, 9.17) is 4.74 Å². The van der Waals surface area contributed by atoms with Crippen molar-refractivity contribution in [3.05, 3.63) is 35.4 Å². The minimum absolute atomic E-state index is 0.0475. The largest absolute Gasteiger partial charge is 0.450 e. The molecule has 0 saturated carbocycles. The van der Waals surface area contributed by atoms with Crippen molar-refractivity contribution in [3.63, 3.8) is 0 Å². The number of piperidine rings is 2. The quantitative estimate of drug-likeness (QED) is 0.791. The van der Waals surface area contributed by atoms with Crippen LogP contribution in [-0.4, -0.2) is 66.3 Å². The molecule has 0 aliphatic carbocycles. The molecule has 2 fully saturated rings. The highest BCUT2D eigenvalue weighted by Crippen LogP contribution is 2.21. The van der Waals surface area contributed by atoms with E-state index in [9.17, 15) is 18.4 Å². The highest BCUT2D eigenvalue weighted by molar-refractivity contribution is 6.04. The number of hydrogen-bond acceptors (Lipinski definition) is 4. The zero-order chi connectivity index (χ0) is 20.1. The maximum absolute atomic E-state index is 13.3. The van der Waals surface area contributed by atoms with Crippen molar-refractivity contribution in [1.82, 2.24) is 9.80 Å². The smallest absolute Gasteiger partial charge is 0.409 e. The molecule has 0 N–H and O–H groups in total. The predicted octanol–water partition coefficient (Wildman–Crippen LogP) is 3.26. The van der Waals surface area contributed by atoms with Crippen molar-refractivity contribution < 1.29 is 23.1 Å². The normalized spacial score (nSPS) is 20.4. The van der Waals surface area contributed by atoms with Gasteiger partial charge in [-0.25, -0.2) is 18.6 Å². The molecule has 2 heterocycles. The second-order valence-corrected chi connectivity index (χ2v) is 7.10. The van der Waals surface area contributed by atoms with Crippen LogP contribution >= 0.6 is 0 Å². The molecule has 1 aromatic carbocycles. The lowest BCUT2D eigenvalue weighted by atomic mass is 9.99. The van der Waals surface area contributed by atoms with Crippen LogP contribution in [0.1, 0.15) is 43.0 Å². The van der Waals surface area contributed by atoms with Crippen LogP contribution in [0.3, 0.4) is 0 Å². The number of amides is 2. The van der Waals surface area contributed by atoms with Crippen LogP contribution in [0.25, 0.3) is 0 Å². The molecule has 8 heteroatoms. The second-order valence-electron chi connectivity index (χ2n) is 7.10. The lowest BCUT2D eigenvalue weighted by molar-refractivity contribution is 0.0766. The van der Waals surface area contributed by atoms with Gasteiger partial charge in [0.15, 0.2) is 11.6 Å². The Morgan fingerprint density at radius 1 is 1.18 bits per heavy atom. The van der Waals surface area contributed by atoms with Gasteiger partial charge < -0.3 is 9.64 Å². The van der Waals surface area contributed by atoms with Gasteiger partial charge in [-0.1, -0.05) is 0 Å². The van der Waals surface area contributed by atoms with Gasteiger partial charge in [0, 0.05) is 37.0 Å². The SMILES string of the molecule is CCOC(=O)N1CCC(N2CCCC(=NC(=O)c3ccc(F)c(F)c3)C2)CC1. The predicted molar refractivity (Wildman–Crippen MR) is 101 cm³/mol. The van der Waals surface area contributed by atoms with E-state index in [0.717, 1.165) is 43.7 Å². The van der Waals surface area contributed by atoms with Crippen LogP contribution in [0.15, 0.2) is 23.2 Å². The summed E-state index contributed by atoms with van der Waals surface area (Å²) < 4.78 is 31.4. The highest BCUT2D eigenvalue weighted by atomic mass is 19.2. The number of hydrogen-bond donors (Lipinski definition) is 0. The third-order valence-corrected chi connectivity index (χ3v) is 5.23. The summed E-state index contributed by atoms with van der Waals surface area (Å²) >= 11 is 0. The van der Waals surface area contributed by atoms with Crippen LogP contribution in [0.2, 0.25) is 0 Å². The fourth-order valence-electron chi connectivity index (χ4n) is 3.75. The molecule has 28 heavy (non-hydrogen) atoms. The maximum atomic E-state index is 13.3. The van der Waals surface area contributed by atoms with Crippen LogP contribution < -0.4 is 0 Å². The van der Waals surface area contributed by atoms with E-state index < -0.39 is 17.5 Å². The number of likely N-dealkylation sites (tertiary alicyclic amines) is 2. The highest BCUT2D eigenvalue weighted by Gasteiger charge is 2.29. The lowest BCUT2D eigenvalue weighted by Gasteiger charge is -2.40. The molecule has 152 valence electrons. The molecule has 0 atom stereocenters. The van der Waals surface area contributed by atoms with Crippen LogP contribution in [0.5, 0.6) is 0 Å². The van der Waals surface area contributed by atoms with Gasteiger partial charge in [-0.05, 0) is 57.4 Å². The number of nitrogens with zero attached hydrogens (tertiary/aromatic N) is 3. The first-order valence-electron chi connectivity index (χ1n) is 9.69. The molecule has 2 amide bonds. The molecule has 2 aliphatic heterocycles. The summed E-state index contributed by atoms with van der Waals surface area (Å²) in [7, 11) is 0. The average molecular weight is 393 g/mol. The molecule has 6 nitrogen and oxygen atoms in total. The van der Waals surface area contributed by atoms with Gasteiger partial charge in [0.25, 0.3) is 5.91 Å². The summed E-state index contributed by atoms with van der Waals surface area (Å²) in [6, 6.07) is 3.39. The Labute approximate surface area is 163 Å². The molecule has 1 aromatic rings. The van der Waals surface area contributed by atoms with Crippen molar-refractivity contribution in [3.8, 4) is 0 Å². The van der Waals surface area contributed by atoms with Gasteiger partial charge in [0.05, 0.1) is 6.61 Å². The standard InChI is InChI=1S/C20H25F2N3O3/c1-2-28-20(27)24-10-7-16(8-11-24)25-9-3-4-15(13-25)23-19(26)14-5-6-17(21)18(22)12-14/h5-6,12,16H,2-4,7-11,13H2,1H3. The van der Waals surface area contributed by atoms with Crippen LogP contribution in [-0.2, 0) is 4.74 Å². The van der Waals surface area contributed by atoms with E-state index in [1.165, 1.54) is 6.07 Å². The summed E-state index contributed by atoms with van der Waals surface area (Å²) in [5.41, 5.74) is 0.806. The topological polar surface area (TPSA) is 62.2 Å². The Morgan fingerprint density at radius 3 is 2.61 bits per heavy atom. The van der Waals surface area contributed by atoms with E-state index in [2.05, 4.69) is 9.89 Å². The first-order chi connectivity index (χ1) is 13.5. The van der Waals surface area contributed by atoms with Crippen molar-refractivity contribution in [2.24, 2.45) is 4.99 Å². The van der Waals surface area contributed by atoms with Gasteiger partial charge in [0.1, 0.15) is 0 Å². The van der Waals surface area contributed by atoms with Gasteiger partial charge in [-0.2, -0.15) is 0 Å².